The van der Waals surface area contributed by atoms with E-state index in [0.29, 0.717) is 5.75 Å². The van der Waals surface area contributed by atoms with Gasteiger partial charge in [-0.3, -0.25) is 19.1 Å². The van der Waals surface area contributed by atoms with E-state index in [2.05, 4.69) is 4.98 Å². The topological polar surface area (TPSA) is 110 Å². The third kappa shape index (κ3) is 4.43. The zero-order valence-corrected chi connectivity index (χ0v) is 17.1. The monoisotopic (exact) mass is 408 g/mol. The van der Waals surface area contributed by atoms with E-state index in [1.807, 2.05) is 56.3 Å². The number of H-pyrrole nitrogens is 1. The molecule has 0 aliphatic rings. The molecule has 0 bridgehead atoms. The third-order valence-electron chi connectivity index (χ3n) is 4.95. The third-order valence-corrected chi connectivity index (χ3v) is 4.95. The zero-order valence-electron chi connectivity index (χ0n) is 17.1. The second-order valence-corrected chi connectivity index (χ2v) is 7.05. The van der Waals surface area contributed by atoms with Crippen LogP contribution < -0.4 is 26.6 Å². The maximum absolute atomic E-state index is 12.6. The Labute approximate surface area is 173 Å². The Morgan fingerprint density at radius 3 is 2.47 bits per heavy atom. The Bertz CT molecular complexity index is 1180. The molecule has 0 spiro atoms. The maximum atomic E-state index is 12.6. The van der Waals surface area contributed by atoms with Crippen LogP contribution in [0.25, 0.3) is 0 Å². The Balaban J connectivity index is 1.83. The van der Waals surface area contributed by atoms with Crippen LogP contribution in [-0.2, 0) is 11.3 Å². The van der Waals surface area contributed by atoms with Crippen molar-refractivity contribution in [1.29, 1.82) is 0 Å². The van der Waals surface area contributed by atoms with Gasteiger partial charge in [0, 0.05) is 7.05 Å². The lowest BCUT2D eigenvalue weighted by atomic mass is 10.1. The lowest BCUT2D eigenvalue weighted by Gasteiger charge is -2.20. The first-order valence-corrected chi connectivity index (χ1v) is 9.41. The second-order valence-electron chi connectivity index (χ2n) is 7.05. The number of hydrogen-bond donors (Lipinski definition) is 2. The average Bonchev–Trinajstić information content (AvgIpc) is 2.72. The molecule has 0 saturated heterocycles. The summed E-state index contributed by atoms with van der Waals surface area (Å²) < 4.78 is 6.79. The van der Waals surface area contributed by atoms with Crippen LogP contribution in [0.5, 0.6) is 5.75 Å². The van der Waals surface area contributed by atoms with Crippen molar-refractivity contribution in [3.63, 3.8) is 0 Å². The average molecular weight is 408 g/mol. The molecule has 0 aliphatic carbocycles. The molecule has 0 fully saturated rings. The normalized spacial score (nSPS) is 10.6. The molecule has 3 aromatic rings. The molecule has 8 nitrogen and oxygen atoms in total. The van der Waals surface area contributed by atoms with Crippen molar-refractivity contribution in [2.45, 2.75) is 20.4 Å². The molecule has 156 valence electrons. The van der Waals surface area contributed by atoms with E-state index in [0.717, 1.165) is 21.6 Å². The number of nitrogens with one attached hydrogen (secondary N) is 1. The number of aromatic amines is 1. The van der Waals surface area contributed by atoms with Crippen LogP contribution in [0.2, 0.25) is 0 Å². The fraction of sp³-hybridized carbons (Fsp3) is 0.227. The number of rotatable bonds is 6. The number of hydrogen-bond acceptors (Lipinski definition) is 5. The van der Waals surface area contributed by atoms with Gasteiger partial charge in [-0.05, 0) is 42.7 Å². The molecule has 1 aromatic heterocycles. The lowest BCUT2D eigenvalue weighted by Crippen LogP contribution is -2.41. The lowest BCUT2D eigenvalue weighted by molar-refractivity contribution is -0.120. The number of amides is 1. The summed E-state index contributed by atoms with van der Waals surface area (Å²) in [5, 5.41) is 0. The van der Waals surface area contributed by atoms with Gasteiger partial charge in [0.15, 0.2) is 12.3 Å². The highest BCUT2D eigenvalue weighted by Crippen LogP contribution is 2.19. The Morgan fingerprint density at radius 1 is 1.10 bits per heavy atom. The molecule has 3 N–H and O–H groups in total. The number of likely N-dealkylation sites (N-methyl/N-ethyl adjacent to an activating group) is 1. The first-order valence-electron chi connectivity index (χ1n) is 9.41. The highest BCUT2D eigenvalue weighted by molar-refractivity contribution is 5.96. The minimum Gasteiger partial charge on any atom is -0.484 e. The van der Waals surface area contributed by atoms with Crippen LogP contribution in [0, 0.1) is 13.8 Å². The van der Waals surface area contributed by atoms with Gasteiger partial charge in [0.25, 0.3) is 11.5 Å². The van der Waals surface area contributed by atoms with E-state index >= 15 is 0 Å². The van der Waals surface area contributed by atoms with Crippen LogP contribution >= 0.6 is 0 Å². The van der Waals surface area contributed by atoms with Crippen molar-refractivity contribution < 1.29 is 9.53 Å². The summed E-state index contributed by atoms with van der Waals surface area (Å²) in [6.45, 7) is 3.82. The highest BCUT2D eigenvalue weighted by atomic mass is 16.5. The number of carbonyl (C=O) groups is 1. The summed E-state index contributed by atoms with van der Waals surface area (Å²) in [5.74, 6) is -0.0132. The molecule has 0 unspecified atom stereocenters. The van der Waals surface area contributed by atoms with E-state index in [-0.39, 0.29) is 24.7 Å². The molecular weight excluding hydrogens is 384 g/mol. The predicted molar refractivity (Wildman–Crippen MR) is 116 cm³/mol. The van der Waals surface area contributed by atoms with Gasteiger partial charge in [-0.15, -0.1) is 0 Å². The predicted octanol–water partition coefficient (Wildman–Crippen LogP) is 1.83. The molecule has 0 saturated carbocycles. The standard InChI is InChI=1S/C22H24N4O4/c1-14-9-10-17(11-15(14)2)30-13-18(27)25(3)19-20(23)26(22(29)24-21(19)28)12-16-7-5-4-6-8-16/h4-11H,12-13,23H2,1-3H3,(H,24,28,29). The first-order chi connectivity index (χ1) is 14.3. The smallest absolute Gasteiger partial charge is 0.330 e. The summed E-state index contributed by atoms with van der Waals surface area (Å²) in [5.41, 5.74) is 7.64. The number of nitrogens with two attached hydrogens (primary N) is 1. The van der Waals surface area contributed by atoms with E-state index in [4.69, 9.17) is 10.5 Å². The minimum absolute atomic E-state index is 0.0883. The summed E-state index contributed by atoms with van der Waals surface area (Å²) >= 11 is 0. The van der Waals surface area contributed by atoms with Crippen molar-refractivity contribution in [3.05, 3.63) is 86.1 Å². The molecule has 8 heteroatoms. The van der Waals surface area contributed by atoms with E-state index < -0.39 is 17.2 Å². The Hall–Kier alpha value is -3.81. The number of nitrogen functional groups attached to an aromatic ring is 1. The summed E-state index contributed by atoms with van der Waals surface area (Å²) in [7, 11) is 1.42. The second kappa shape index (κ2) is 8.69. The zero-order chi connectivity index (χ0) is 21.8. The molecule has 0 atom stereocenters. The van der Waals surface area contributed by atoms with Crippen LogP contribution in [0.15, 0.2) is 58.1 Å². The van der Waals surface area contributed by atoms with Crippen molar-refractivity contribution in [3.8, 4) is 5.75 Å². The van der Waals surface area contributed by atoms with Gasteiger partial charge in [-0.25, -0.2) is 4.79 Å². The number of anilines is 2. The Kier molecular flexibility index (Phi) is 6.06. The number of benzene rings is 2. The SMILES string of the molecule is Cc1ccc(OCC(=O)N(C)c2c(N)n(Cc3ccccc3)c(=O)[nH]c2=O)cc1C. The molecule has 0 aliphatic heterocycles. The highest BCUT2D eigenvalue weighted by Gasteiger charge is 2.21. The summed E-state index contributed by atoms with van der Waals surface area (Å²) in [6.07, 6.45) is 0. The number of aromatic nitrogens is 2. The van der Waals surface area contributed by atoms with Crippen molar-refractivity contribution >= 4 is 17.4 Å². The van der Waals surface area contributed by atoms with Gasteiger partial charge in [0.05, 0.1) is 6.54 Å². The first kappa shape index (κ1) is 20.9. The van der Waals surface area contributed by atoms with Gasteiger partial charge >= 0.3 is 5.69 Å². The van der Waals surface area contributed by atoms with E-state index in [1.54, 1.807) is 6.07 Å². The fourth-order valence-corrected chi connectivity index (χ4v) is 2.99. The van der Waals surface area contributed by atoms with Crippen LogP contribution in [0.1, 0.15) is 16.7 Å². The minimum atomic E-state index is -0.733. The maximum Gasteiger partial charge on any atom is 0.330 e. The van der Waals surface area contributed by atoms with Crippen molar-refractivity contribution in [1.82, 2.24) is 9.55 Å². The van der Waals surface area contributed by atoms with Crippen molar-refractivity contribution in [2.75, 3.05) is 24.3 Å². The molecular formula is C22H24N4O4. The molecule has 3 rings (SSSR count). The van der Waals surface area contributed by atoms with Crippen LogP contribution in [0.3, 0.4) is 0 Å². The molecule has 0 radical (unpaired) electrons. The fourth-order valence-electron chi connectivity index (χ4n) is 2.99. The van der Waals surface area contributed by atoms with Gasteiger partial charge < -0.3 is 15.4 Å². The van der Waals surface area contributed by atoms with Gasteiger partial charge in [-0.1, -0.05) is 36.4 Å². The molecule has 1 heterocycles. The van der Waals surface area contributed by atoms with Gasteiger partial charge in [0.2, 0.25) is 0 Å². The van der Waals surface area contributed by atoms with Crippen LogP contribution in [0.4, 0.5) is 11.5 Å². The number of ether oxygens (including phenoxy) is 1. The summed E-state index contributed by atoms with van der Waals surface area (Å²) in [4.78, 5) is 40.6. The van der Waals surface area contributed by atoms with Gasteiger partial charge in [0.1, 0.15) is 11.6 Å². The van der Waals surface area contributed by atoms with Crippen molar-refractivity contribution in [2.24, 2.45) is 0 Å². The quantitative estimate of drug-likeness (QED) is 0.646. The number of nitrogens with zero attached hydrogens (tertiary/aromatic N) is 2. The number of aryl methyl sites for hydroxylation is 2. The molecule has 2 aromatic carbocycles. The number of carbonyl (C=O) groups excluding carboxylic acids is 1. The Morgan fingerprint density at radius 2 is 1.80 bits per heavy atom. The van der Waals surface area contributed by atoms with E-state index in [9.17, 15) is 14.4 Å². The van der Waals surface area contributed by atoms with Gasteiger partial charge in [-0.2, -0.15) is 0 Å². The summed E-state index contributed by atoms with van der Waals surface area (Å²) in [6, 6.07) is 14.7. The molecule has 30 heavy (non-hydrogen) atoms. The largest absolute Gasteiger partial charge is 0.484 e. The van der Waals surface area contributed by atoms with E-state index in [1.165, 1.54) is 11.6 Å². The van der Waals surface area contributed by atoms with Crippen LogP contribution in [-0.4, -0.2) is 29.1 Å². The molecule has 1 amide bonds.